The molecule has 2 aromatic rings. The molecule has 0 saturated carbocycles. The van der Waals surface area contributed by atoms with Gasteiger partial charge in [0, 0.05) is 16.5 Å². The second kappa shape index (κ2) is 5.74. The van der Waals surface area contributed by atoms with Crippen LogP contribution in [0.4, 0.5) is 5.69 Å². The van der Waals surface area contributed by atoms with Crippen LogP contribution in [0.5, 0.6) is 0 Å². The van der Waals surface area contributed by atoms with Gasteiger partial charge in [0.05, 0.1) is 17.0 Å². The molecule has 8 nitrogen and oxygen atoms in total. The van der Waals surface area contributed by atoms with Crippen molar-refractivity contribution in [3.63, 3.8) is 0 Å². The molecule has 1 heterocycles. The molecule has 3 rings (SSSR count). The Morgan fingerprint density at radius 2 is 1.96 bits per heavy atom. The molecule has 126 valence electrons. The van der Waals surface area contributed by atoms with E-state index in [2.05, 4.69) is 5.10 Å². The summed E-state index contributed by atoms with van der Waals surface area (Å²) in [6.45, 7) is 1.66. The van der Waals surface area contributed by atoms with Crippen LogP contribution in [-0.4, -0.2) is 33.4 Å². The van der Waals surface area contributed by atoms with E-state index in [0.717, 1.165) is 5.01 Å². The predicted molar refractivity (Wildman–Crippen MR) is 88.0 cm³/mol. The minimum atomic E-state index is -4.56. The maximum Gasteiger partial charge on any atom is 0.295 e. The summed E-state index contributed by atoms with van der Waals surface area (Å²) in [7, 11) is -4.56. The Bertz CT molecular complexity index is 1030. The van der Waals surface area contributed by atoms with Crippen molar-refractivity contribution < 1.29 is 26.5 Å². The Morgan fingerprint density at radius 3 is 2.50 bits per heavy atom. The molecule has 0 saturated heterocycles. The quantitative estimate of drug-likeness (QED) is 0.628. The molecule has 2 N–H and O–H groups in total. The van der Waals surface area contributed by atoms with E-state index in [9.17, 15) is 26.5 Å². The van der Waals surface area contributed by atoms with Gasteiger partial charge in [-0.2, -0.15) is 13.5 Å². The zero-order chi connectivity index (χ0) is 17.6. The summed E-state index contributed by atoms with van der Waals surface area (Å²) < 4.78 is 53.7. The van der Waals surface area contributed by atoms with Gasteiger partial charge in [-0.15, -0.1) is 0 Å². The maximum atomic E-state index is 12.0. The zero-order valence-electron chi connectivity index (χ0n) is 12.3. The van der Waals surface area contributed by atoms with Crippen LogP contribution in [-0.2, 0) is 26.0 Å². The SMILES string of the molecule is CC1=NN(c2cc(S(=O)O)c3cccc(S(=O)(=O)O)c3c2)C(=O)C1. The summed E-state index contributed by atoms with van der Waals surface area (Å²) in [6, 6.07) is 6.62. The molecule has 0 fully saturated rings. The molecular formula is C14H12N2O6S2. The van der Waals surface area contributed by atoms with Gasteiger partial charge in [0.15, 0.2) is 11.1 Å². The van der Waals surface area contributed by atoms with Gasteiger partial charge in [0.2, 0.25) is 0 Å². The molecule has 0 spiro atoms. The van der Waals surface area contributed by atoms with Crippen LogP contribution in [0.15, 0.2) is 45.2 Å². The number of carbonyl (C=O) groups excluding carboxylic acids is 1. The number of anilines is 1. The average Bonchev–Trinajstić information content (AvgIpc) is 2.83. The topological polar surface area (TPSA) is 124 Å². The van der Waals surface area contributed by atoms with E-state index < -0.39 is 26.1 Å². The van der Waals surface area contributed by atoms with Crippen molar-refractivity contribution in [1.29, 1.82) is 0 Å². The number of nitrogens with zero attached hydrogens (tertiary/aromatic N) is 2. The van der Waals surface area contributed by atoms with Crippen molar-refractivity contribution in [3.05, 3.63) is 30.3 Å². The van der Waals surface area contributed by atoms with Crippen LogP contribution < -0.4 is 5.01 Å². The zero-order valence-corrected chi connectivity index (χ0v) is 14.0. The first kappa shape index (κ1) is 16.7. The smallest absolute Gasteiger partial charge is 0.295 e. The van der Waals surface area contributed by atoms with Gasteiger partial charge >= 0.3 is 0 Å². The summed E-state index contributed by atoms with van der Waals surface area (Å²) in [5.74, 6) is -0.342. The van der Waals surface area contributed by atoms with Gasteiger partial charge in [-0.25, -0.2) is 9.22 Å². The number of hydrazone groups is 1. The first-order valence-electron chi connectivity index (χ1n) is 6.70. The number of hydrogen-bond donors (Lipinski definition) is 2. The summed E-state index contributed by atoms with van der Waals surface area (Å²) in [5, 5.41) is 5.31. The third kappa shape index (κ3) is 2.84. The molecular weight excluding hydrogens is 356 g/mol. The molecule has 24 heavy (non-hydrogen) atoms. The molecule has 10 heteroatoms. The highest BCUT2D eigenvalue weighted by molar-refractivity contribution is 7.86. The van der Waals surface area contributed by atoms with Crippen LogP contribution >= 0.6 is 0 Å². The standard InChI is InChI=1S/C14H12N2O6S2/c1-8-5-14(17)16(15-8)9-6-11-10(12(7-9)23(18)19)3-2-4-13(11)24(20,21)22/h2-4,6-7H,5H2,1H3,(H,18,19)(H,20,21,22). The first-order chi connectivity index (χ1) is 11.2. The lowest BCUT2D eigenvalue weighted by molar-refractivity contribution is -0.116. The minimum Gasteiger partial charge on any atom is -0.302 e. The fourth-order valence-electron chi connectivity index (χ4n) is 2.56. The number of benzene rings is 2. The molecule has 0 bridgehead atoms. The van der Waals surface area contributed by atoms with Crippen molar-refractivity contribution in [3.8, 4) is 0 Å². The minimum absolute atomic E-state index is 0.0300. The Kier molecular flexibility index (Phi) is 4.00. The third-order valence-electron chi connectivity index (χ3n) is 3.53. The van der Waals surface area contributed by atoms with Gasteiger partial charge in [-0.1, -0.05) is 12.1 Å². The van der Waals surface area contributed by atoms with Crippen LogP contribution in [0.1, 0.15) is 13.3 Å². The van der Waals surface area contributed by atoms with Crippen molar-refractivity contribution >= 4 is 49.3 Å². The lowest BCUT2D eigenvalue weighted by Crippen LogP contribution is -2.20. The highest BCUT2D eigenvalue weighted by atomic mass is 32.2. The van der Waals surface area contributed by atoms with Gasteiger partial charge < -0.3 is 4.55 Å². The predicted octanol–water partition coefficient (Wildman–Crippen LogP) is 1.78. The van der Waals surface area contributed by atoms with E-state index in [1.807, 2.05) is 0 Å². The molecule has 1 amide bonds. The average molecular weight is 368 g/mol. The summed E-state index contributed by atoms with van der Waals surface area (Å²) in [4.78, 5) is 11.5. The van der Waals surface area contributed by atoms with Crippen LogP contribution in [0.3, 0.4) is 0 Å². The van der Waals surface area contributed by atoms with E-state index in [1.54, 1.807) is 6.92 Å². The number of fused-ring (bicyclic) bond motifs is 1. The molecule has 2 aromatic carbocycles. The van der Waals surface area contributed by atoms with Crippen LogP contribution in [0, 0.1) is 0 Å². The van der Waals surface area contributed by atoms with E-state index in [4.69, 9.17) is 0 Å². The molecule has 0 aromatic heterocycles. The monoisotopic (exact) mass is 368 g/mol. The second-order valence-corrected chi connectivity index (χ2v) is 7.57. The van der Waals surface area contributed by atoms with E-state index in [0.29, 0.717) is 5.71 Å². The van der Waals surface area contributed by atoms with Gasteiger partial charge in [0.25, 0.3) is 16.0 Å². The van der Waals surface area contributed by atoms with Crippen molar-refractivity contribution in [2.45, 2.75) is 23.1 Å². The van der Waals surface area contributed by atoms with E-state index in [1.165, 1.54) is 30.3 Å². The van der Waals surface area contributed by atoms with Crippen molar-refractivity contribution in [2.24, 2.45) is 5.10 Å². The summed E-state index contributed by atoms with van der Waals surface area (Å²) in [5.41, 5.74) is 0.715. The van der Waals surface area contributed by atoms with Crippen molar-refractivity contribution in [1.82, 2.24) is 0 Å². The number of rotatable bonds is 3. The Morgan fingerprint density at radius 1 is 1.25 bits per heavy atom. The summed E-state index contributed by atoms with van der Waals surface area (Å²) in [6.07, 6.45) is 0.107. The highest BCUT2D eigenvalue weighted by Gasteiger charge is 2.26. The maximum absolute atomic E-state index is 12.0. The van der Waals surface area contributed by atoms with E-state index in [-0.39, 0.29) is 33.7 Å². The van der Waals surface area contributed by atoms with Gasteiger partial charge in [0.1, 0.15) is 4.90 Å². The van der Waals surface area contributed by atoms with Gasteiger partial charge in [-0.05, 0) is 25.1 Å². The Balaban J connectivity index is 2.38. The molecule has 0 aliphatic carbocycles. The molecule has 1 atom stereocenters. The first-order valence-corrected chi connectivity index (χ1v) is 9.25. The number of hydrogen-bond acceptors (Lipinski definition) is 5. The summed E-state index contributed by atoms with van der Waals surface area (Å²) >= 11 is -2.43. The highest BCUT2D eigenvalue weighted by Crippen LogP contribution is 2.33. The molecule has 1 aliphatic rings. The fourth-order valence-corrected chi connectivity index (χ4v) is 3.84. The number of amides is 1. The molecule has 1 aliphatic heterocycles. The Hall–Kier alpha value is -2.14. The fraction of sp³-hybridized carbons (Fsp3) is 0.143. The van der Waals surface area contributed by atoms with Crippen LogP contribution in [0.2, 0.25) is 0 Å². The third-order valence-corrected chi connectivity index (χ3v) is 5.15. The van der Waals surface area contributed by atoms with Gasteiger partial charge in [-0.3, -0.25) is 9.35 Å². The largest absolute Gasteiger partial charge is 0.302 e. The number of carbonyl (C=O) groups is 1. The lowest BCUT2D eigenvalue weighted by atomic mass is 10.1. The molecule has 1 unspecified atom stereocenters. The van der Waals surface area contributed by atoms with E-state index >= 15 is 0 Å². The Labute approximate surface area is 139 Å². The molecule has 0 radical (unpaired) electrons. The lowest BCUT2D eigenvalue weighted by Gasteiger charge is -2.15. The van der Waals surface area contributed by atoms with Crippen molar-refractivity contribution in [2.75, 3.05) is 5.01 Å². The normalized spacial score (nSPS) is 16.5. The van der Waals surface area contributed by atoms with Crippen LogP contribution in [0.25, 0.3) is 10.8 Å². The second-order valence-electron chi connectivity index (χ2n) is 5.24.